The molecule has 0 saturated heterocycles. The van der Waals surface area contributed by atoms with Gasteiger partial charge >= 0.3 is 47.2 Å². The van der Waals surface area contributed by atoms with Crippen molar-refractivity contribution in [3.63, 3.8) is 0 Å². The van der Waals surface area contributed by atoms with Gasteiger partial charge in [-0.05, 0) is 0 Å². The summed E-state index contributed by atoms with van der Waals surface area (Å²) in [6.45, 7) is 0. The molecule has 0 saturated carbocycles. The minimum Gasteiger partial charge on any atom is 0 e. The molecule has 0 aliphatic heterocycles. The molecule has 8 heteroatoms. The first-order valence-electron chi connectivity index (χ1n) is 1.68. The molecule has 2 radical (unpaired) electrons. The fraction of sp³-hybridized carbons (Fsp3) is 0.500. The largest absolute Gasteiger partial charge is 0 e. The molecule has 3 N–H and O–H groups in total. The molecule has 0 bridgehead atoms. The minimum absolute atomic E-state index is 0. The molecular weight excluding hydrogens is 395 g/mol. The van der Waals surface area contributed by atoms with Crippen molar-refractivity contribution >= 4 is 20.1 Å². The first-order valence-corrected chi connectivity index (χ1v) is 5.45. The molecule has 0 aromatic heterocycles. The smallest absolute Gasteiger partial charge is 0 e. The van der Waals surface area contributed by atoms with E-state index in [0.29, 0.717) is 0 Å². The average molecular weight is 400 g/mol. The maximum atomic E-state index is 9.82. The van der Waals surface area contributed by atoms with Gasteiger partial charge in [-0.1, -0.05) is 0 Å². The molecule has 10 heavy (non-hydrogen) atoms. The molecule has 0 fully saturated rings. The van der Waals surface area contributed by atoms with Crippen molar-refractivity contribution in [1.29, 1.82) is 0 Å². The summed E-state index contributed by atoms with van der Waals surface area (Å²) in [7, 11) is 0. The number of carboxylic acid groups (broad SMARTS) is 1. The van der Waals surface area contributed by atoms with Crippen LogP contribution < -0.4 is 0 Å². The van der Waals surface area contributed by atoms with Gasteiger partial charge in [0.05, 0.1) is 0 Å². The van der Waals surface area contributed by atoms with E-state index < -0.39 is 25.4 Å². The number of aliphatic carboxylic acids is 1. The van der Waals surface area contributed by atoms with Gasteiger partial charge in [-0.3, -0.25) is 0 Å². The normalized spacial score (nSPS) is 9.00. The summed E-state index contributed by atoms with van der Waals surface area (Å²) < 4.78 is 25.8. The number of rotatable bonds is 2. The molecular formula is C2H5Ag2AsO5. The summed E-state index contributed by atoms with van der Waals surface area (Å²) in [6.07, 6.45) is 0. The Labute approximate surface area is 91.2 Å². The van der Waals surface area contributed by atoms with Gasteiger partial charge in [-0.15, -0.1) is 0 Å². The second-order valence-electron chi connectivity index (χ2n) is 1.22. The van der Waals surface area contributed by atoms with Gasteiger partial charge in [-0.25, -0.2) is 0 Å². The third-order valence-electron chi connectivity index (χ3n) is 0.341. The van der Waals surface area contributed by atoms with E-state index in [2.05, 4.69) is 0 Å². The summed E-state index contributed by atoms with van der Waals surface area (Å²) in [5.74, 6) is -1.46. The van der Waals surface area contributed by atoms with E-state index in [1.165, 1.54) is 0 Å². The summed E-state index contributed by atoms with van der Waals surface area (Å²) in [5.41, 5.74) is 0. The van der Waals surface area contributed by atoms with Crippen LogP contribution in [0.3, 0.4) is 0 Å². The molecule has 70 valence electrons. The standard InChI is InChI=1S/C2H5AsO5.2Ag/c4-2(5)1-3(6,7)8;;/h1H2,(H,4,5)(H2,6,7,8);;. The fourth-order valence-corrected chi connectivity index (χ4v) is 0.916. The van der Waals surface area contributed by atoms with Crippen LogP contribution in [-0.4, -0.2) is 33.4 Å². The van der Waals surface area contributed by atoms with Crippen molar-refractivity contribution in [1.82, 2.24) is 0 Å². The summed E-state index contributed by atoms with van der Waals surface area (Å²) >= 11 is -4.86. The fourth-order valence-electron chi connectivity index (χ4n) is 0.176. The van der Waals surface area contributed by atoms with Crippen molar-refractivity contribution in [3.05, 3.63) is 0 Å². The molecule has 0 heterocycles. The maximum absolute atomic E-state index is 9.82. The van der Waals surface area contributed by atoms with Crippen molar-refractivity contribution < 1.29 is 66.6 Å². The molecule has 5 nitrogen and oxygen atoms in total. The van der Waals surface area contributed by atoms with E-state index in [1.807, 2.05) is 0 Å². The molecule has 0 aromatic rings. The third kappa shape index (κ3) is 16.1. The first kappa shape index (κ1) is 17.4. The minimum atomic E-state index is -4.86. The summed E-state index contributed by atoms with van der Waals surface area (Å²) in [6, 6.07) is 0. The van der Waals surface area contributed by atoms with E-state index in [0.717, 1.165) is 0 Å². The SMILES string of the molecule is O=C(O)C[As](=O)(O)O.[Ag].[Ag]. The van der Waals surface area contributed by atoms with Crippen LogP contribution >= 0.6 is 0 Å². The Balaban J connectivity index is -0.000000245. The average Bonchev–Trinajstić information content (AvgIpc) is 1.21. The first-order chi connectivity index (χ1) is 3.42. The van der Waals surface area contributed by atoms with Gasteiger partial charge < -0.3 is 0 Å². The van der Waals surface area contributed by atoms with Crippen LogP contribution in [0, 0.1) is 0 Å². The van der Waals surface area contributed by atoms with E-state index >= 15 is 0 Å². The van der Waals surface area contributed by atoms with Gasteiger partial charge in [0.25, 0.3) is 0 Å². The number of carbonyl (C=O) groups is 1. The third-order valence-corrected chi connectivity index (χ3v) is 1.77. The van der Waals surface area contributed by atoms with E-state index in [-0.39, 0.29) is 44.8 Å². The van der Waals surface area contributed by atoms with Crippen LogP contribution in [0.2, 0.25) is 5.21 Å². The second kappa shape index (κ2) is 6.91. The molecule has 0 spiro atoms. The molecule has 0 atom stereocenters. The van der Waals surface area contributed by atoms with Gasteiger partial charge in [0, 0.05) is 44.8 Å². The Bertz CT molecular complexity index is 141. The monoisotopic (exact) mass is 398 g/mol. The quantitative estimate of drug-likeness (QED) is 0.487. The zero-order valence-electron chi connectivity index (χ0n) is 4.42. The predicted molar refractivity (Wildman–Crippen MR) is 23.3 cm³/mol. The zero-order valence-corrected chi connectivity index (χ0v) is 9.26. The Morgan fingerprint density at radius 1 is 1.30 bits per heavy atom. The van der Waals surface area contributed by atoms with Crippen LogP contribution in [0.5, 0.6) is 0 Å². The molecule has 0 rings (SSSR count). The number of hydrogen-bond donors (Lipinski definition) is 3. The van der Waals surface area contributed by atoms with E-state index in [9.17, 15) is 8.53 Å². The molecule has 0 amide bonds. The molecule has 0 aliphatic rings. The van der Waals surface area contributed by atoms with Crippen LogP contribution in [0.1, 0.15) is 0 Å². The van der Waals surface area contributed by atoms with Crippen molar-refractivity contribution in [2.24, 2.45) is 0 Å². The van der Waals surface area contributed by atoms with Crippen molar-refractivity contribution in [3.8, 4) is 0 Å². The van der Waals surface area contributed by atoms with Crippen LogP contribution in [0.4, 0.5) is 0 Å². The van der Waals surface area contributed by atoms with Gasteiger partial charge in [0.15, 0.2) is 0 Å². The topological polar surface area (TPSA) is 94.8 Å². The van der Waals surface area contributed by atoms with Gasteiger partial charge in [0.2, 0.25) is 0 Å². The van der Waals surface area contributed by atoms with Gasteiger partial charge in [-0.2, -0.15) is 0 Å². The Hall–Kier alpha value is 1.23. The number of carboxylic acids is 1. The summed E-state index contributed by atoms with van der Waals surface area (Å²) in [5, 5.41) is 6.74. The number of hydrogen-bond acceptors (Lipinski definition) is 2. The summed E-state index contributed by atoms with van der Waals surface area (Å²) in [4.78, 5) is 9.54. The second-order valence-corrected chi connectivity index (χ2v) is 4.67. The molecule has 0 aliphatic carbocycles. The molecule has 0 aromatic carbocycles. The van der Waals surface area contributed by atoms with Crippen molar-refractivity contribution in [2.75, 3.05) is 0 Å². The van der Waals surface area contributed by atoms with Crippen molar-refractivity contribution in [2.45, 2.75) is 5.21 Å². The zero-order chi connectivity index (χ0) is 6.78. The molecule has 0 unspecified atom stereocenters. The van der Waals surface area contributed by atoms with E-state index in [4.69, 9.17) is 13.3 Å². The maximum Gasteiger partial charge on any atom is 0 e. The van der Waals surface area contributed by atoms with Crippen LogP contribution in [-0.2, 0) is 53.3 Å². The van der Waals surface area contributed by atoms with Gasteiger partial charge in [0.1, 0.15) is 0 Å². The Morgan fingerprint density at radius 2 is 1.60 bits per heavy atom. The Morgan fingerprint density at radius 3 is 1.60 bits per heavy atom. The Kier molecular flexibility index (Phi) is 12.0. The predicted octanol–water partition coefficient (Wildman–Crippen LogP) is -1.58. The van der Waals surface area contributed by atoms with E-state index in [1.54, 1.807) is 0 Å². The van der Waals surface area contributed by atoms with Crippen LogP contribution in [0.25, 0.3) is 0 Å². The van der Waals surface area contributed by atoms with Crippen LogP contribution in [0.15, 0.2) is 0 Å².